The van der Waals surface area contributed by atoms with Gasteiger partial charge in [0.25, 0.3) is 0 Å². The SMILES string of the molecule is c1ccc2c(c1)ccc1ccc(-c3ccc(N(c4ccc5c(c4)oc4cccc(-n6c7ccccc7c7ccccc76)c45)c4ccc5c(c4)sc4ccccc45)cc3)cc12. The molecule has 0 fully saturated rings. The number of thiophene rings is 1. The molecule has 0 radical (unpaired) electrons. The lowest BCUT2D eigenvalue weighted by Crippen LogP contribution is -2.09. The fourth-order valence-electron chi connectivity index (χ4n) is 9.59. The van der Waals surface area contributed by atoms with Gasteiger partial charge in [-0.3, -0.25) is 0 Å². The van der Waals surface area contributed by atoms with Crippen LogP contribution >= 0.6 is 11.3 Å². The fraction of sp³-hybridized carbons (Fsp3) is 0. The predicted molar refractivity (Wildman–Crippen MR) is 256 cm³/mol. The zero-order valence-corrected chi connectivity index (χ0v) is 33.2. The van der Waals surface area contributed by atoms with Gasteiger partial charge in [-0.15, -0.1) is 11.3 Å². The van der Waals surface area contributed by atoms with Gasteiger partial charge < -0.3 is 13.9 Å². The van der Waals surface area contributed by atoms with E-state index in [1.165, 1.54) is 74.6 Å². The number of furan rings is 1. The molecule has 60 heavy (non-hydrogen) atoms. The molecule has 0 aliphatic rings. The first-order valence-corrected chi connectivity index (χ1v) is 21.2. The second-order valence-corrected chi connectivity index (χ2v) is 16.8. The van der Waals surface area contributed by atoms with Crippen LogP contribution in [0, 0.1) is 0 Å². The minimum Gasteiger partial charge on any atom is -0.456 e. The van der Waals surface area contributed by atoms with Crippen LogP contribution in [0.2, 0.25) is 0 Å². The summed E-state index contributed by atoms with van der Waals surface area (Å²) in [7, 11) is 0. The Morgan fingerprint density at radius 1 is 0.367 bits per heavy atom. The van der Waals surface area contributed by atoms with Crippen LogP contribution in [0.4, 0.5) is 17.1 Å². The summed E-state index contributed by atoms with van der Waals surface area (Å²) in [6.45, 7) is 0. The Morgan fingerprint density at radius 2 is 0.967 bits per heavy atom. The molecule has 4 heteroatoms. The molecule has 3 aromatic heterocycles. The molecule has 0 bridgehead atoms. The summed E-state index contributed by atoms with van der Waals surface area (Å²) in [6, 6.07) is 75.0. The van der Waals surface area contributed by atoms with Gasteiger partial charge in [0.15, 0.2) is 0 Å². The van der Waals surface area contributed by atoms with Gasteiger partial charge in [0, 0.05) is 59.5 Å². The predicted octanol–water partition coefficient (Wildman–Crippen LogP) is 16.5. The molecule has 0 atom stereocenters. The largest absolute Gasteiger partial charge is 0.456 e. The minimum atomic E-state index is 0.851. The quantitative estimate of drug-likeness (QED) is 0.162. The normalized spacial score (nSPS) is 12.0. The topological polar surface area (TPSA) is 21.3 Å². The molecule has 0 aliphatic carbocycles. The van der Waals surface area contributed by atoms with Crippen molar-refractivity contribution >= 4 is 114 Å². The summed E-state index contributed by atoms with van der Waals surface area (Å²) in [5.74, 6) is 0. The van der Waals surface area contributed by atoms with E-state index in [1.54, 1.807) is 0 Å². The first kappa shape index (κ1) is 33.3. The highest BCUT2D eigenvalue weighted by atomic mass is 32.1. The van der Waals surface area contributed by atoms with Crippen molar-refractivity contribution in [3.63, 3.8) is 0 Å². The number of fused-ring (bicyclic) bond motifs is 12. The first-order chi connectivity index (χ1) is 29.7. The molecule has 10 aromatic carbocycles. The van der Waals surface area contributed by atoms with Crippen molar-refractivity contribution in [1.82, 2.24) is 4.57 Å². The van der Waals surface area contributed by atoms with Gasteiger partial charge in [-0.25, -0.2) is 0 Å². The maximum absolute atomic E-state index is 6.79. The standard InChI is InChI=1S/C56H34N2OS/c1-2-11-42-36(10-1)20-21-37-22-23-38(32-48(37)42)35-24-26-39(27-25-35)57(41-28-30-46-45-14-5-8-19-54(45)60-55(46)34-41)40-29-31-47-53(33-40)59-52-18-9-17-51(56(47)52)58-49-15-6-3-12-43(49)44-13-4-7-16-50(44)58/h1-34H. The van der Waals surface area contributed by atoms with Gasteiger partial charge in [-0.2, -0.15) is 0 Å². The number of aromatic nitrogens is 1. The van der Waals surface area contributed by atoms with Crippen molar-refractivity contribution in [2.75, 3.05) is 4.90 Å². The highest BCUT2D eigenvalue weighted by Gasteiger charge is 2.21. The fourth-order valence-corrected chi connectivity index (χ4v) is 10.7. The summed E-state index contributed by atoms with van der Waals surface area (Å²) in [4.78, 5) is 2.36. The average molecular weight is 783 g/mol. The van der Waals surface area contributed by atoms with Crippen LogP contribution in [0.5, 0.6) is 0 Å². The molecule has 3 nitrogen and oxygen atoms in total. The van der Waals surface area contributed by atoms with Crippen molar-refractivity contribution in [3.05, 3.63) is 206 Å². The first-order valence-electron chi connectivity index (χ1n) is 20.4. The van der Waals surface area contributed by atoms with Crippen molar-refractivity contribution in [2.45, 2.75) is 0 Å². The number of anilines is 3. The second-order valence-electron chi connectivity index (χ2n) is 15.7. The number of benzene rings is 10. The van der Waals surface area contributed by atoms with E-state index >= 15 is 0 Å². The Hall–Kier alpha value is -7.66. The van der Waals surface area contributed by atoms with E-state index in [1.807, 2.05) is 11.3 Å². The van der Waals surface area contributed by atoms with Crippen molar-refractivity contribution < 1.29 is 4.42 Å². The van der Waals surface area contributed by atoms with Crippen molar-refractivity contribution in [3.8, 4) is 16.8 Å². The Bertz CT molecular complexity index is 3800. The molecular formula is C56H34N2OS. The summed E-state index contributed by atoms with van der Waals surface area (Å²) in [5.41, 5.74) is 10.8. The molecule has 0 spiro atoms. The third-order valence-electron chi connectivity index (χ3n) is 12.4. The highest BCUT2D eigenvalue weighted by molar-refractivity contribution is 7.25. The Morgan fingerprint density at radius 3 is 1.77 bits per heavy atom. The van der Waals surface area contributed by atoms with Gasteiger partial charge in [0.2, 0.25) is 0 Å². The van der Waals surface area contributed by atoms with Crippen molar-refractivity contribution in [1.29, 1.82) is 0 Å². The zero-order valence-electron chi connectivity index (χ0n) is 32.3. The third-order valence-corrected chi connectivity index (χ3v) is 13.5. The molecular weight excluding hydrogens is 749 g/mol. The molecule has 0 saturated heterocycles. The molecule has 280 valence electrons. The number of hydrogen-bond donors (Lipinski definition) is 0. The third kappa shape index (κ3) is 5.01. The number of nitrogens with zero attached hydrogens (tertiary/aromatic N) is 2. The Balaban J connectivity index is 0.973. The molecule has 0 amide bonds. The molecule has 0 saturated carbocycles. The zero-order chi connectivity index (χ0) is 39.3. The average Bonchev–Trinajstić information content (AvgIpc) is 3.98. The van der Waals surface area contributed by atoms with Gasteiger partial charge in [-0.05, 0) is 105 Å². The van der Waals surface area contributed by atoms with Crippen LogP contribution in [0.15, 0.2) is 211 Å². The lowest BCUT2D eigenvalue weighted by atomic mass is 9.97. The monoisotopic (exact) mass is 782 g/mol. The van der Waals surface area contributed by atoms with E-state index in [0.717, 1.165) is 44.7 Å². The van der Waals surface area contributed by atoms with E-state index in [-0.39, 0.29) is 0 Å². The smallest absolute Gasteiger partial charge is 0.137 e. The van der Waals surface area contributed by atoms with E-state index in [0.29, 0.717) is 0 Å². The summed E-state index contributed by atoms with van der Waals surface area (Å²) in [5, 5.41) is 12.3. The molecule has 3 heterocycles. The Kier molecular flexibility index (Phi) is 7.18. The Labute approximate surface area is 349 Å². The van der Waals surface area contributed by atoms with Gasteiger partial charge in [0.1, 0.15) is 11.2 Å². The van der Waals surface area contributed by atoms with Crippen LogP contribution in [0.3, 0.4) is 0 Å². The van der Waals surface area contributed by atoms with E-state index < -0.39 is 0 Å². The number of rotatable bonds is 5. The lowest BCUT2D eigenvalue weighted by Gasteiger charge is -2.26. The maximum Gasteiger partial charge on any atom is 0.137 e. The number of para-hydroxylation sites is 2. The van der Waals surface area contributed by atoms with Crippen LogP contribution in [0.1, 0.15) is 0 Å². The summed E-state index contributed by atoms with van der Waals surface area (Å²) in [6.07, 6.45) is 0. The maximum atomic E-state index is 6.79. The van der Waals surface area contributed by atoms with E-state index in [4.69, 9.17) is 4.42 Å². The van der Waals surface area contributed by atoms with Gasteiger partial charge in [-0.1, -0.05) is 127 Å². The van der Waals surface area contributed by atoms with Crippen LogP contribution in [-0.4, -0.2) is 4.57 Å². The van der Waals surface area contributed by atoms with E-state index in [9.17, 15) is 0 Å². The number of hydrogen-bond acceptors (Lipinski definition) is 3. The van der Waals surface area contributed by atoms with Crippen LogP contribution in [0.25, 0.3) is 102 Å². The van der Waals surface area contributed by atoms with E-state index in [2.05, 4.69) is 216 Å². The summed E-state index contributed by atoms with van der Waals surface area (Å²) >= 11 is 1.84. The highest BCUT2D eigenvalue weighted by Crippen LogP contribution is 2.44. The van der Waals surface area contributed by atoms with Crippen molar-refractivity contribution in [2.24, 2.45) is 0 Å². The minimum absolute atomic E-state index is 0.851. The molecule has 0 unspecified atom stereocenters. The van der Waals surface area contributed by atoms with Crippen LogP contribution < -0.4 is 4.90 Å². The van der Waals surface area contributed by atoms with Gasteiger partial charge in [0.05, 0.1) is 22.1 Å². The van der Waals surface area contributed by atoms with Crippen LogP contribution in [-0.2, 0) is 0 Å². The van der Waals surface area contributed by atoms with Gasteiger partial charge >= 0.3 is 0 Å². The molecule has 0 N–H and O–H groups in total. The summed E-state index contributed by atoms with van der Waals surface area (Å²) < 4.78 is 11.7. The molecule has 13 rings (SSSR count). The lowest BCUT2D eigenvalue weighted by molar-refractivity contribution is 0.669. The molecule has 0 aliphatic heterocycles. The molecule has 13 aromatic rings. The second kappa shape index (κ2) is 12.9.